The number of anilines is 2. The number of carbonyl (C=O) groups is 2. The van der Waals surface area contributed by atoms with Crippen molar-refractivity contribution in [3.8, 4) is 5.69 Å². The lowest BCUT2D eigenvalue weighted by Gasteiger charge is -2.12. The molecule has 0 saturated carbocycles. The van der Waals surface area contributed by atoms with Gasteiger partial charge in [0.05, 0.1) is 27.5 Å². The summed E-state index contributed by atoms with van der Waals surface area (Å²) in [7, 11) is 0. The van der Waals surface area contributed by atoms with Crippen LogP contribution in [0.5, 0.6) is 0 Å². The number of nitrogens with zero attached hydrogens (tertiary/aromatic N) is 1. The van der Waals surface area contributed by atoms with Gasteiger partial charge in [-0.15, -0.1) is 0 Å². The lowest BCUT2D eigenvalue weighted by Crippen LogP contribution is -2.24. The SMILES string of the molecule is Nc1ccc(-n2c(N)c3c(cc2=O)C(=O)NC3=O)cc1Cl. The van der Waals surface area contributed by atoms with Gasteiger partial charge in [0, 0.05) is 6.07 Å². The van der Waals surface area contributed by atoms with Crippen LogP contribution in [-0.2, 0) is 0 Å². The van der Waals surface area contributed by atoms with Gasteiger partial charge in [-0.05, 0) is 18.2 Å². The van der Waals surface area contributed by atoms with Crippen LogP contribution in [0, 0.1) is 0 Å². The third-order valence-electron chi connectivity index (χ3n) is 3.20. The molecule has 21 heavy (non-hydrogen) atoms. The van der Waals surface area contributed by atoms with Gasteiger partial charge in [0.15, 0.2) is 0 Å². The second kappa shape index (κ2) is 4.35. The maximum absolute atomic E-state index is 12.2. The molecule has 3 rings (SSSR count). The maximum atomic E-state index is 12.2. The molecule has 1 aromatic carbocycles. The second-order valence-corrected chi connectivity index (χ2v) is 4.89. The number of hydrogen-bond acceptors (Lipinski definition) is 5. The van der Waals surface area contributed by atoms with E-state index in [0.29, 0.717) is 11.4 Å². The van der Waals surface area contributed by atoms with Crippen molar-refractivity contribution in [1.82, 2.24) is 9.88 Å². The smallest absolute Gasteiger partial charge is 0.262 e. The largest absolute Gasteiger partial charge is 0.398 e. The highest BCUT2D eigenvalue weighted by Crippen LogP contribution is 2.26. The molecule has 2 amide bonds. The van der Waals surface area contributed by atoms with E-state index in [9.17, 15) is 14.4 Å². The van der Waals surface area contributed by atoms with Crippen LogP contribution in [0.2, 0.25) is 5.02 Å². The molecule has 0 spiro atoms. The van der Waals surface area contributed by atoms with Gasteiger partial charge in [-0.3, -0.25) is 24.3 Å². The number of amides is 2. The van der Waals surface area contributed by atoms with Gasteiger partial charge in [-0.1, -0.05) is 11.6 Å². The zero-order valence-corrected chi connectivity index (χ0v) is 11.3. The Morgan fingerprint density at radius 1 is 1.05 bits per heavy atom. The van der Waals surface area contributed by atoms with Crippen molar-refractivity contribution in [2.24, 2.45) is 0 Å². The van der Waals surface area contributed by atoms with Crippen LogP contribution in [0.1, 0.15) is 20.7 Å². The van der Waals surface area contributed by atoms with Gasteiger partial charge < -0.3 is 11.5 Å². The van der Waals surface area contributed by atoms with E-state index in [1.165, 1.54) is 12.1 Å². The van der Waals surface area contributed by atoms with Gasteiger partial charge in [0.2, 0.25) is 0 Å². The number of nitrogens with one attached hydrogen (secondary N) is 1. The van der Waals surface area contributed by atoms with Crippen LogP contribution >= 0.6 is 11.6 Å². The zero-order chi connectivity index (χ0) is 15.3. The number of hydrogen-bond donors (Lipinski definition) is 3. The average molecular weight is 305 g/mol. The summed E-state index contributed by atoms with van der Waals surface area (Å²) in [5.41, 5.74) is 11.6. The first-order valence-corrected chi connectivity index (χ1v) is 6.24. The number of imide groups is 1. The molecule has 1 aliphatic rings. The maximum Gasteiger partial charge on any atom is 0.262 e. The van der Waals surface area contributed by atoms with Gasteiger partial charge in [-0.2, -0.15) is 0 Å². The van der Waals surface area contributed by atoms with Crippen LogP contribution < -0.4 is 22.3 Å². The van der Waals surface area contributed by atoms with Crippen molar-refractivity contribution in [2.45, 2.75) is 0 Å². The first-order valence-electron chi connectivity index (χ1n) is 5.86. The fraction of sp³-hybridized carbons (Fsp3) is 0. The molecule has 106 valence electrons. The summed E-state index contributed by atoms with van der Waals surface area (Å²) in [6.45, 7) is 0. The normalized spacial score (nSPS) is 13.2. The summed E-state index contributed by atoms with van der Waals surface area (Å²) in [6, 6.07) is 5.58. The highest BCUT2D eigenvalue weighted by atomic mass is 35.5. The summed E-state index contributed by atoms with van der Waals surface area (Å²) in [5.74, 6) is -1.40. The Morgan fingerprint density at radius 3 is 2.43 bits per heavy atom. The summed E-state index contributed by atoms with van der Waals surface area (Å²) in [4.78, 5) is 35.5. The molecule has 0 saturated heterocycles. The van der Waals surface area contributed by atoms with E-state index in [1.54, 1.807) is 6.07 Å². The highest BCUT2D eigenvalue weighted by Gasteiger charge is 2.31. The van der Waals surface area contributed by atoms with Crippen molar-refractivity contribution >= 4 is 34.9 Å². The standard InChI is InChI=1S/C13H9ClN4O3/c14-7-3-5(1-2-8(7)15)18-9(19)4-6-10(11(18)16)13(21)17-12(6)20/h1-4H,15-16H2,(H,17,20,21). The van der Waals surface area contributed by atoms with Gasteiger partial charge in [-0.25, -0.2) is 0 Å². The molecule has 7 nitrogen and oxygen atoms in total. The quantitative estimate of drug-likeness (QED) is 0.524. The minimum Gasteiger partial charge on any atom is -0.398 e. The number of pyridine rings is 1. The number of halogens is 1. The Kier molecular flexibility index (Phi) is 2.74. The molecule has 2 aromatic rings. The van der Waals surface area contributed by atoms with E-state index < -0.39 is 17.4 Å². The Bertz CT molecular complexity index is 872. The van der Waals surface area contributed by atoms with Crippen molar-refractivity contribution in [3.05, 3.63) is 50.8 Å². The number of rotatable bonds is 1. The first kappa shape index (κ1) is 13.2. The Balaban J connectivity index is 2.32. The Labute approximate surface area is 123 Å². The molecule has 8 heteroatoms. The molecule has 0 radical (unpaired) electrons. The van der Waals surface area contributed by atoms with E-state index >= 15 is 0 Å². The monoisotopic (exact) mass is 304 g/mol. The first-order chi connectivity index (χ1) is 9.90. The number of nitrogens with two attached hydrogens (primary N) is 2. The summed E-state index contributed by atoms with van der Waals surface area (Å²) >= 11 is 5.92. The van der Waals surface area contributed by atoms with Crippen molar-refractivity contribution < 1.29 is 9.59 Å². The minimum atomic E-state index is -0.638. The molecule has 0 atom stereocenters. The minimum absolute atomic E-state index is 0.0208. The number of fused-ring (bicyclic) bond motifs is 1. The van der Waals surface area contributed by atoms with E-state index in [4.69, 9.17) is 23.1 Å². The molecular weight excluding hydrogens is 296 g/mol. The fourth-order valence-corrected chi connectivity index (χ4v) is 2.38. The Hall–Kier alpha value is -2.80. The predicted molar refractivity (Wildman–Crippen MR) is 77.7 cm³/mol. The van der Waals surface area contributed by atoms with E-state index in [-0.39, 0.29) is 22.0 Å². The molecule has 5 N–H and O–H groups in total. The summed E-state index contributed by atoms with van der Waals surface area (Å²) in [6.07, 6.45) is 0. The highest BCUT2D eigenvalue weighted by molar-refractivity contribution is 6.33. The van der Waals surface area contributed by atoms with Crippen molar-refractivity contribution in [2.75, 3.05) is 11.5 Å². The average Bonchev–Trinajstić information content (AvgIpc) is 2.69. The van der Waals surface area contributed by atoms with Crippen LogP contribution in [0.3, 0.4) is 0 Å². The third-order valence-corrected chi connectivity index (χ3v) is 3.52. The lowest BCUT2D eigenvalue weighted by atomic mass is 10.1. The van der Waals surface area contributed by atoms with Crippen molar-refractivity contribution in [1.29, 1.82) is 0 Å². The number of nitrogen functional groups attached to an aromatic ring is 2. The zero-order valence-electron chi connectivity index (χ0n) is 10.5. The van der Waals surface area contributed by atoms with Crippen molar-refractivity contribution in [3.63, 3.8) is 0 Å². The van der Waals surface area contributed by atoms with Gasteiger partial charge in [0.25, 0.3) is 17.4 Å². The molecule has 2 heterocycles. The molecule has 0 aliphatic carbocycles. The number of benzene rings is 1. The van der Waals surface area contributed by atoms with E-state index in [2.05, 4.69) is 5.32 Å². The topological polar surface area (TPSA) is 120 Å². The van der Waals surface area contributed by atoms with E-state index in [0.717, 1.165) is 10.6 Å². The van der Waals surface area contributed by atoms with Gasteiger partial charge in [0.1, 0.15) is 5.82 Å². The summed E-state index contributed by atoms with van der Waals surface area (Å²) in [5, 5.41) is 2.34. The third kappa shape index (κ3) is 1.86. The second-order valence-electron chi connectivity index (χ2n) is 4.48. The van der Waals surface area contributed by atoms with E-state index in [1.807, 2.05) is 0 Å². The number of aromatic nitrogens is 1. The van der Waals surface area contributed by atoms with Crippen LogP contribution in [0.15, 0.2) is 29.1 Å². The Morgan fingerprint density at radius 2 is 1.76 bits per heavy atom. The van der Waals surface area contributed by atoms with Crippen LogP contribution in [0.25, 0.3) is 5.69 Å². The van der Waals surface area contributed by atoms with Crippen LogP contribution in [-0.4, -0.2) is 16.4 Å². The molecule has 0 bridgehead atoms. The fourth-order valence-electron chi connectivity index (χ4n) is 2.20. The molecule has 1 aromatic heterocycles. The van der Waals surface area contributed by atoms with Gasteiger partial charge >= 0.3 is 0 Å². The summed E-state index contributed by atoms with van der Waals surface area (Å²) < 4.78 is 1.10. The molecule has 1 aliphatic heterocycles. The van der Waals surface area contributed by atoms with Crippen LogP contribution in [0.4, 0.5) is 11.5 Å². The molecule has 0 unspecified atom stereocenters. The molecule has 0 fully saturated rings. The molecular formula is C13H9ClN4O3. The number of carbonyl (C=O) groups excluding carboxylic acids is 2. The lowest BCUT2D eigenvalue weighted by molar-refractivity contribution is 0.0880. The predicted octanol–water partition coefficient (Wildman–Crippen LogP) is 0.539.